The van der Waals surface area contributed by atoms with Crippen LogP contribution < -0.4 is 10.1 Å². The number of aliphatic hydroxyl groups is 1. The Balaban J connectivity index is 1.58. The average Bonchev–Trinajstić information content (AvgIpc) is 3.19. The molecule has 0 aliphatic heterocycles. The SMILES string of the molecule is COc1ccc(-n2cc(C(=O)NCCC(C)(O)c3ccccc3)nn2)cc1. The minimum absolute atomic E-state index is 0.213. The van der Waals surface area contributed by atoms with Crippen molar-refractivity contribution in [3.8, 4) is 11.4 Å². The first-order chi connectivity index (χ1) is 13.0. The predicted molar refractivity (Wildman–Crippen MR) is 101 cm³/mol. The van der Waals surface area contributed by atoms with Gasteiger partial charge < -0.3 is 15.2 Å². The molecule has 2 aromatic carbocycles. The molecule has 0 saturated heterocycles. The quantitative estimate of drug-likeness (QED) is 0.670. The van der Waals surface area contributed by atoms with Crippen molar-refractivity contribution in [2.45, 2.75) is 18.9 Å². The van der Waals surface area contributed by atoms with E-state index in [0.717, 1.165) is 17.0 Å². The number of hydrogen-bond donors (Lipinski definition) is 2. The number of benzene rings is 2. The van der Waals surface area contributed by atoms with Crippen LogP contribution in [-0.4, -0.2) is 39.7 Å². The molecule has 7 nitrogen and oxygen atoms in total. The van der Waals surface area contributed by atoms with E-state index in [1.54, 1.807) is 20.2 Å². The molecule has 7 heteroatoms. The van der Waals surface area contributed by atoms with Crippen LogP contribution in [0.25, 0.3) is 5.69 Å². The molecule has 1 aromatic heterocycles. The van der Waals surface area contributed by atoms with Crippen LogP contribution >= 0.6 is 0 Å². The Morgan fingerprint density at radius 3 is 2.56 bits per heavy atom. The standard InChI is InChI=1S/C20H22N4O3/c1-20(26,15-6-4-3-5-7-15)12-13-21-19(25)18-14-24(23-22-18)16-8-10-17(27-2)11-9-16/h3-11,14,26H,12-13H2,1-2H3,(H,21,25). The number of amides is 1. The van der Waals surface area contributed by atoms with E-state index in [4.69, 9.17) is 4.74 Å². The highest BCUT2D eigenvalue weighted by molar-refractivity contribution is 5.91. The molecule has 0 saturated carbocycles. The van der Waals surface area contributed by atoms with Crippen LogP contribution in [0.2, 0.25) is 0 Å². The van der Waals surface area contributed by atoms with E-state index in [-0.39, 0.29) is 11.6 Å². The van der Waals surface area contributed by atoms with Gasteiger partial charge in [0.2, 0.25) is 0 Å². The maximum atomic E-state index is 12.3. The molecule has 27 heavy (non-hydrogen) atoms. The van der Waals surface area contributed by atoms with E-state index < -0.39 is 5.60 Å². The van der Waals surface area contributed by atoms with Crippen molar-refractivity contribution >= 4 is 5.91 Å². The van der Waals surface area contributed by atoms with Crippen molar-refractivity contribution in [2.75, 3.05) is 13.7 Å². The second-order valence-corrected chi connectivity index (χ2v) is 6.39. The lowest BCUT2D eigenvalue weighted by Crippen LogP contribution is -2.31. The Labute approximate surface area is 157 Å². The molecule has 0 fully saturated rings. The summed E-state index contributed by atoms with van der Waals surface area (Å²) in [6, 6.07) is 16.6. The van der Waals surface area contributed by atoms with E-state index in [9.17, 15) is 9.90 Å². The van der Waals surface area contributed by atoms with Gasteiger partial charge in [-0.05, 0) is 43.2 Å². The number of ether oxygens (including phenoxy) is 1. The number of methoxy groups -OCH3 is 1. The summed E-state index contributed by atoms with van der Waals surface area (Å²) in [6.07, 6.45) is 1.95. The monoisotopic (exact) mass is 366 g/mol. The van der Waals surface area contributed by atoms with E-state index >= 15 is 0 Å². The molecule has 1 heterocycles. The van der Waals surface area contributed by atoms with E-state index in [1.165, 1.54) is 4.68 Å². The minimum atomic E-state index is -1.02. The van der Waals surface area contributed by atoms with E-state index in [2.05, 4.69) is 15.6 Å². The third kappa shape index (κ3) is 4.51. The van der Waals surface area contributed by atoms with Gasteiger partial charge in [0.15, 0.2) is 5.69 Å². The maximum Gasteiger partial charge on any atom is 0.273 e. The largest absolute Gasteiger partial charge is 0.497 e. The first kappa shape index (κ1) is 18.6. The minimum Gasteiger partial charge on any atom is -0.497 e. The van der Waals surface area contributed by atoms with E-state index in [0.29, 0.717) is 13.0 Å². The average molecular weight is 366 g/mol. The molecule has 0 radical (unpaired) electrons. The van der Waals surface area contributed by atoms with Gasteiger partial charge >= 0.3 is 0 Å². The smallest absolute Gasteiger partial charge is 0.273 e. The molecule has 3 rings (SSSR count). The summed E-state index contributed by atoms with van der Waals surface area (Å²) in [7, 11) is 1.60. The fraction of sp³-hybridized carbons (Fsp3) is 0.250. The Hall–Kier alpha value is -3.19. The van der Waals surface area contributed by atoms with Crippen molar-refractivity contribution in [1.29, 1.82) is 0 Å². The van der Waals surface area contributed by atoms with Crippen LogP contribution in [0.4, 0.5) is 0 Å². The summed E-state index contributed by atoms with van der Waals surface area (Å²) in [4.78, 5) is 12.3. The van der Waals surface area contributed by atoms with Gasteiger partial charge in [0.05, 0.1) is 24.6 Å². The number of carbonyl (C=O) groups is 1. The van der Waals surface area contributed by atoms with Gasteiger partial charge in [-0.25, -0.2) is 4.68 Å². The van der Waals surface area contributed by atoms with Crippen LogP contribution in [0, 0.1) is 0 Å². The van der Waals surface area contributed by atoms with Gasteiger partial charge in [-0.3, -0.25) is 4.79 Å². The topological polar surface area (TPSA) is 89.3 Å². The molecule has 1 unspecified atom stereocenters. The molecule has 0 aliphatic rings. The summed E-state index contributed by atoms with van der Waals surface area (Å²) in [5, 5.41) is 21.2. The summed E-state index contributed by atoms with van der Waals surface area (Å²) < 4.78 is 6.64. The molecule has 2 N–H and O–H groups in total. The predicted octanol–water partition coefficient (Wildman–Crippen LogP) is 2.30. The lowest BCUT2D eigenvalue weighted by Gasteiger charge is -2.23. The molecule has 0 spiro atoms. The Morgan fingerprint density at radius 2 is 1.89 bits per heavy atom. The van der Waals surface area contributed by atoms with Crippen molar-refractivity contribution in [1.82, 2.24) is 20.3 Å². The lowest BCUT2D eigenvalue weighted by molar-refractivity contribution is 0.0475. The number of aromatic nitrogens is 3. The molecule has 140 valence electrons. The highest BCUT2D eigenvalue weighted by Gasteiger charge is 2.23. The van der Waals surface area contributed by atoms with Gasteiger partial charge in [-0.1, -0.05) is 35.5 Å². The zero-order valence-electron chi connectivity index (χ0n) is 15.3. The highest BCUT2D eigenvalue weighted by atomic mass is 16.5. The molecule has 0 aliphatic carbocycles. The lowest BCUT2D eigenvalue weighted by atomic mass is 9.93. The van der Waals surface area contributed by atoms with Crippen molar-refractivity contribution in [2.24, 2.45) is 0 Å². The Bertz CT molecular complexity index is 889. The van der Waals surface area contributed by atoms with Gasteiger partial charge in [0, 0.05) is 6.54 Å². The van der Waals surface area contributed by atoms with Gasteiger partial charge in [-0.15, -0.1) is 5.10 Å². The third-order valence-electron chi connectivity index (χ3n) is 4.36. The second-order valence-electron chi connectivity index (χ2n) is 6.39. The van der Waals surface area contributed by atoms with Crippen LogP contribution in [0.15, 0.2) is 60.8 Å². The molecular formula is C20H22N4O3. The molecular weight excluding hydrogens is 344 g/mol. The fourth-order valence-electron chi connectivity index (χ4n) is 2.68. The van der Waals surface area contributed by atoms with Crippen LogP contribution in [0.1, 0.15) is 29.4 Å². The molecule has 3 aromatic rings. The normalized spacial score (nSPS) is 13.0. The summed E-state index contributed by atoms with van der Waals surface area (Å²) in [6.45, 7) is 2.05. The highest BCUT2D eigenvalue weighted by Crippen LogP contribution is 2.23. The van der Waals surface area contributed by atoms with Crippen molar-refractivity contribution in [3.05, 3.63) is 72.1 Å². The number of carbonyl (C=O) groups excluding carboxylic acids is 1. The zero-order chi connectivity index (χ0) is 19.3. The van der Waals surface area contributed by atoms with Crippen LogP contribution in [-0.2, 0) is 5.60 Å². The van der Waals surface area contributed by atoms with Crippen molar-refractivity contribution in [3.63, 3.8) is 0 Å². The zero-order valence-corrected chi connectivity index (χ0v) is 15.3. The second kappa shape index (κ2) is 8.01. The first-order valence-corrected chi connectivity index (χ1v) is 8.62. The third-order valence-corrected chi connectivity index (χ3v) is 4.36. The summed E-state index contributed by atoms with van der Waals surface area (Å²) in [5.41, 5.74) is 0.777. The van der Waals surface area contributed by atoms with Crippen LogP contribution in [0.3, 0.4) is 0 Å². The summed E-state index contributed by atoms with van der Waals surface area (Å²) in [5.74, 6) is 0.404. The Kier molecular flexibility index (Phi) is 5.52. The van der Waals surface area contributed by atoms with Gasteiger partial charge in [0.25, 0.3) is 5.91 Å². The first-order valence-electron chi connectivity index (χ1n) is 8.62. The Morgan fingerprint density at radius 1 is 1.19 bits per heavy atom. The molecule has 1 atom stereocenters. The molecule has 0 bridgehead atoms. The number of hydrogen-bond acceptors (Lipinski definition) is 5. The van der Waals surface area contributed by atoms with Crippen molar-refractivity contribution < 1.29 is 14.6 Å². The van der Waals surface area contributed by atoms with Crippen LogP contribution in [0.5, 0.6) is 5.75 Å². The number of nitrogens with one attached hydrogen (secondary N) is 1. The maximum absolute atomic E-state index is 12.3. The summed E-state index contributed by atoms with van der Waals surface area (Å²) >= 11 is 0. The van der Waals surface area contributed by atoms with Gasteiger partial charge in [0.1, 0.15) is 5.75 Å². The number of rotatable bonds is 7. The molecule has 1 amide bonds. The van der Waals surface area contributed by atoms with Gasteiger partial charge in [-0.2, -0.15) is 0 Å². The fourth-order valence-corrected chi connectivity index (χ4v) is 2.68. The van der Waals surface area contributed by atoms with E-state index in [1.807, 2.05) is 54.6 Å². The number of nitrogens with zero attached hydrogens (tertiary/aromatic N) is 3.